The van der Waals surface area contributed by atoms with Gasteiger partial charge < -0.3 is 5.32 Å². The van der Waals surface area contributed by atoms with Gasteiger partial charge in [-0.3, -0.25) is 19.3 Å². The number of halogens is 5. The first-order valence-electron chi connectivity index (χ1n) is 9.81. The molecule has 2 aromatic carbocycles. The highest BCUT2D eigenvalue weighted by atomic mass is 79.9. The number of alkyl halides is 5. The fourth-order valence-corrected chi connectivity index (χ4v) is 5.38. The summed E-state index contributed by atoms with van der Waals surface area (Å²) in [6.45, 7) is 0. The molecule has 10 heteroatoms. The Balaban J connectivity index is 1.52. The minimum atomic E-state index is -4.61. The second-order valence-corrected chi connectivity index (χ2v) is 10.1. The van der Waals surface area contributed by atoms with Crippen molar-refractivity contribution in [2.75, 3.05) is 10.2 Å². The summed E-state index contributed by atoms with van der Waals surface area (Å²) in [6, 6.07) is 10.4. The molecule has 5 nitrogen and oxygen atoms in total. The third kappa shape index (κ3) is 4.22. The Morgan fingerprint density at radius 2 is 1.44 bits per heavy atom. The first-order valence-corrected chi connectivity index (χ1v) is 11.6. The quantitative estimate of drug-likeness (QED) is 0.396. The van der Waals surface area contributed by atoms with Crippen LogP contribution in [0.15, 0.2) is 48.5 Å². The average Bonchev–Trinajstić information content (AvgIpc) is 2.98. The zero-order valence-electron chi connectivity index (χ0n) is 16.4. The van der Waals surface area contributed by atoms with Gasteiger partial charge in [0.05, 0.1) is 28.8 Å². The maximum atomic E-state index is 13.1. The number of imide groups is 1. The van der Waals surface area contributed by atoms with E-state index in [0.29, 0.717) is 18.5 Å². The van der Waals surface area contributed by atoms with E-state index in [4.69, 9.17) is 0 Å². The van der Waals surface area contributed by atoms with Crippen LogP contribution in [-0.4, -0.2) is 27.4 Å². The number of fused-ring (bicyclic) bond motifs is 1. The minimum absolute atomic E-state index is 0.0890. The van der Waals surface area contributed by atoms with Crippen LogP contribution in [0.5, 0.6) is 0 Å². The Morgan fingerprint density at radius 3 is 1.97 bits per heavy atom. The molecule has 0 spiro atoms. The summed E-state index contributed by atoms with van der Waals surface area (Å²) in [4.78, 5) is 39.6. The molecule has 4 rings (SSSR count). The highest BCUT2D eigenvalue weighted by Crippen LogP contribution is 2.44. The Hall–Kier alpha value is -2.20. The standard InChI is InChI=1S/C22H17Br2F3N2O3/c23-16-9-13-14(10-17(16)24)21(32)29(20(13)31)12-7-5-11(6-8-12)19(30)28-18-4-2-1-3-15(18)22(25,26)27/h1-8,13-14,16-17H,9-10H2,(H,28,30)/t13-,14+,16-,17-/m0/s1. The van der Waals surface area contributed by atoms with E-state index >= 15 is 0 Å². The number of carbonyl (C=O) groups is 3. The Kier molecular flexibility index (Phi) is 6.19. The van der Waals surface area contributed by atoms with Gasteiger partial charge in [-0.1, -0.05) is 44.0 Å². The normalized spacial score (nSPS) is 25.6. The van der Waals surface area contributed by atoms with Gasteiger partial charge in [-0.05, 0) is 49.2 Å². The molecule has 0 radical (unpaired) electrons. The van der Waals surface area contributed by atoms with Gasteiger partial charge in [-0.15, -0.1) is 0 Å². The number of nitrogens with one attached hydrogen (secondary N) is 1. The number of para-hydroxylation sites is 1. The number of benzene rings is 2. The lowest BCUT2D eigenvalue weighted by Crippen LogP contribution is -2.34. The zero-order valence-corrected chi connectivity index (χ0v) is 19.6. The zero-order chi connectivity index (χ0) is 23.2. The highest BCUT2D eigenvalue weighted by Gasteiger charge is 2.52. The molecule has 1 aliphatic heterocycles. The van der Waals surface area contributed by atoms with Crippen molar-refractivity contribution >= 4 is 61.0 Å². The van der Waals surface area contributed by atoms with Crippen LogP contribution in [0.25, 0.3) is 0 Å². The highest BCUT2D eigenvalue weighted by molar-refractivity contribution is 9.12. The molecule has 0 aromatic heterocycles. The maximum absolute atomic E-state index is 13.1. The minimum Gasteiger partial charge on any atom is -0.321 e. The summed E-state index contributed by atoms with van der Waals surface area (Å²) >= 11 is 7.08. The molecule has 1 aliphatic carbocycles. The number of hydrogen-bond donors (Lipinski definition) is 1. The smallest absolute Gasteiger partial charge is 0.321 e. The van der Waals surface area contributed by atoms with E-state index in [0.717, 1.165) is 11.0 Å². The topological polar surface area (TPSA) is 66.5 Å². The van der Waals surface area contributed by atoms with Crippen molar-refractivity contribution in [2.45, 2.75) is 28.7 Å². The first kappa shape index (κ1) is 23.0. The molecule has 32 heavy (non-hydrogen) atoms. The second-order valence-electron chi connectivity index (χ2n) is 7.77. The van der Waals surface area contributed by atoms with Crippen molar-refractivity contribution in [3.05, 3.63) is 59.7 Å². The number of nitrogens with zero attached hydrogens (tertiary/aromatic N) is 1. The molecule has 1 saturated heterocycles. The van der Waals surface area contributed by atoms with Crippen molar-refractivity contribution < 1.29 is 27.6 Å². The largest absolute Gasteiger partial charge is 0.418 e. The van der Waals surface area contributed by atoms with Crippen LogP contribution in [0.1, 0.15) is 28.8 Å². The van der Waals surface area contributed by atoms with Gasteiger partial charge in [0.2, 0.25) is 11.8 Å². The van der Waals surface area contributed by atoms with Crippen LogP contribution in [0.2, 0.25) is 0 Å². The molecule has 2 fully saturated rings. The third-order valence-electron chi connectivity index (χ3n) is 5.78. The molecule has 0 bridgehead atoms. The van der Waals surface area contributed by atoms with E-state index in [-0.39, 0.29) is 32.7 Å². The predicted molar refractivity (Wildman–Crippen MR) is 120 cm³/mol. The van der Waals surface area contributed by atoms with Crippen LogP contribution >= 0.6 is 31.9 Å². The molecule has 0 unspecified atom stereocenters. The maximum Gasteiger partial charge on any atom is 0.418 e. The number of hydrogen-bond acceptors (Lipinski definition) is 3. The average molecular weight is 574 g/mol. The van der Waals surface area contributed by atoms with Crippen molar-refractivity contribution in [3.63, 3.8) is 0 Å². The van der Waals surface area contributed by atoms with E-state index < -0.39 is 29.5 Å². The lowest BCUT2D eigenvalue weighted by Gasteiger charge is -2.29. The molecule has 1 heterocycles. The number of rotatable bonds is 3. The van der Waals surface area contributed by atoms with Gasteiger partial charge in [-0.2, -0.15) is 13.2 Å². The van der Waals surface area contributed by atoms with Crippen LogP contribution < -0.4 is 10.2 Å². The molecule has 2 aliphatic rings. The lowest BCUT2D eigenvalue weighted by atomic mass is 9.81. The van der Waals surface area contributed by atoms with Crippen LogP contribution in [0.3, 0.4) is 0 Å². The summed E-state index contributed by atoms with van der Waals surface area (Å²) in [5.41, 5.74) is -0.866. The van der Waals surface area contributed by atoms with Crippen molar-refractivity contribution in [1.82, 2.24) is 0 Å². The summed E-state index contributed by atoms with van der Waals surface area (Å²) < 4.78 is 39.4. The van der Waals surface area contributed by atoms with Gasteiger partial charge in [0.25, 0.3) is 5.91 Å². The van der Waals surface area contributed by atoms with Crippen LogP contribution in [0, 0.1) is 11.8 Å². The molecule has 1 N–H and O–H groups in total. The monoisotopic (exact) mass is 572 g/mol. The molecule has 4 atom stereocenters. The van der Waals surface area contributed by atoms with E-state index in [1.807, 2.05) is 0 Å². The molecule has 3 amide bonds. The van der Waals surface area contributed by atoms with Gasteiger partial charge in [-0.25, -0.2) is 0 Å². The number of amides is 3. The Morgan fingerprint density at radius 1 is 0.906 bits per heavy atom. The van der Waals surface area contributed by atoms with Gasteiger partial charge in [0.1, 0.15) is 0 Å². The van der Waals surface area contributed by atoms with Gasteiger partial charge >= 0.3 is 6.18 Å². The summed E-state index contributed by atoms with van der Waals surface area (Å²) in [5.74, 6) is -2.09. The summed E-state index contributed by atoms with van der Waals surface area (Å²) in [6.07, 6.45) is -3.52. The van der Waals surface area contributed by atoms with Gasteiger partial charge in [0, 0.05) is 15.2 Å². The van der Waals surface area contributed by atoms with Crippen molar-refractivity contribution in [2.24, 2.45) is 11.8 Å². The molecular formula is C22H17Br2F3N2O3. The Labute approximate surface area is 198 Å². The van der Waals surface area contributed by atoms with Crippen LogP contribution in [-0.2, 0) is 15.8 Å². The summed E-state index contributed by atoms with van der Waals surface area (Å²) in [7, 11) is 0. The summed E-state index contributed by atoms with van der Waals surface area (Å²) in [5, 5.41) is 2.27. The number of carbonyl (C=O) groups excluding carboxylic acids is 3. The van der Waals surface area contributed by atoms with Crippen molar-refractivity contribution in [1.29, 1.82) is 0 Å². The SMILES string of the molecule is O=C(Nc1ccccc1C(F)(F)F)c1ccc(N2C(=O)[C@H]3C[C@H](Br)[C@@H](Br)C[C@H]3C2=O)cc1. The third-order valence-corrected chi connectivity index (χ3v) is 8.51. The molecule has 1 saturated carbocycles. The molecular weight excluding hydrogens is 557 g/mol. The van der Waals surface area contributed by atoms with E-state index in [1.54, 1.807) is 0 Å². The predicted octanol–water partition coefficient (Wildman–Crippen LogP) is 5.38. The number of anilines is 2. The first-order chi connectivity index (χ1) is 15.1. The van der Waals surface area contributed by atoms with Gasteiger partial charge in [0.15, 0.2) is 0 Å². The molecule has 168 valence electrons. The molecule has 2 aromatic rings. The van der Waals surface area contributed by atoms with Crippen molar-refractivity contribution in [3.8, 4) is 0 Å². The van der Waals surface area contributed by atoms with E-state index in [9.17, 15) is 27.6 Å². The lowest BCUT2D eigenvalue weighted by molar-refractivity contribution is -0.137. The Bertz CT molecular complexity index is 1050. The van der Waals surface area contributed by atoms with Crippen LogP contribution in [0.4, 0.5) is 24.5 Å². The van der Waals surface area contributed by atoms with E-state index in [1.165, 1.54) is 42.5 Å². The second kappa shape index (κ2) is 8.62. The van der Waals surface area contributed by atoms with E-state index in [2.05, 4.69) is 37.2 Å². The fourth-order valence-electron chi connectivity index (χ4n) is 4.15. The fraction of sp³-hybridized carbons (Fsp3) is 0.318.